The highest BCUT2D eigenvalue weighted by Gasteiger charge is 2.42. The van der Waals surface area contributed by atoms with E-state index in [1.54, 1.807) is 11.0 Å². The summed E-state index contributed by atoms with van der Waals surface area (Å²) in [7, 11) is 1.36. The van der Waals surface area contributed by atoms with Crippen molar-refractivity contribution in [2.24, 2.45) is 5.41 Å². The maximum absolute atomic E-state index is 13.4. The van der Waals surface area contributed by atoms with Gasteiger partial charge in [0.05, 0.1) is 12.5 Å². The number of aromatic nitrogens is 1. The Kier molecular flexibility index (Phi) is 4.65. The van der Waals surface area contributed by atoms with Crippen LogP contribution in [0.4, 0.5) is 9.18 Å². The average Bonchev–Trinajstić information content (AvgIpc) is 3.19. The first-order chi connectivity index (χ1) is 11.9. The third-order valence-corrected chi connectivity index (χ3v) is 4.84. The van der Waals surface area contributed by atoms with Gasteiger partial charge in [-0.25, -0.2) is 9.18 Å². The van der Waals surface area contributed by atoms with Crippen LogP contribution in [0.2, 0.25) is 0 Å². The van der Waals surface area contributed by atoms with E-state index in [1.807, 2.05) is 13.1 Å². The number of ether oxygens (including phenoxy) is 1. The lowest BCUT2D eigenvalue weighted by Crippen LogP contribution is -2.41. The summed E-state index contributed by atoms with van der Waals surface area (Å²) >= 11 is 0. The largest absolute Gasteiger partial charge is 0.469 e. The molecule has 0 unspecified atom stereocenters. The van der Waals surface area contributed by atoms with Crippen molar-refractivity contribution in [1.29, 1.82) is 0 Å². The molecule has 0 saturated carbocycles. The summed E-state index contributed by atoms with van der Waals surface area (Å²) in [5, 5.41) is 3.69. The monoisotopic (exact) mass is 347 g/mol. The number of nitrogens with zero attached hydrogens (tertiary/aromatic N) is 1. The normalized spacial score (nSPS) is 20.0. The highest BCUT2D eigenvalue weighted by Crippen LogP contribution is 2.31. The number of nitrogens with one attached hydrogen (secondary N) is 2. The van der Waals surface area contributed by atoms with E-state index in [1.165, 1.54) is 19.2 Å². The molecule has 1 atom stereocenters. The lowest BCUT2D eigenvalue weighted by molar-refractivity contribution is -0.150. The third-order valence-electron chi connectivity index (χ3n) is 4.84. The zero-order valence-corrected chi connectivity index (χ0v) is 14.4. The molecule has 1 aromatic carbocycles. The van der Waals surface area contributed by atoms with E-state index in [9.17, 15) is 14.0 Å². The SMILES string of the molecule is COC(=O)[C@]1(C)CCN(C(=O)NCCc2c[nH]c3ccc(F)cc23)C1. The Morgan fingerprint density at radius 3 is 3.00 bits per heavy atom. The van der Waals surface area contributed by atoms with Crippen molar-refractivity contribution in [3.05, 3.63) is 35.8 Å². The van der Waals surface area contributed by atoms with Gasteiger partial charge in [0.25, 0.3) is 0 Å². The number of H-pyrrole nitrogens is 1. The van der Waals surface area contributed by atoms with Gasteiger partial charge in [-0.1, -0.05) is 0 Å². The topological polar surface area (TPSA) is 74.4 Å². The molecule has 1 aromatic heterocycles. The first kappa shape index (κ1) is 17.3. The summed E-state index contributed by atoms with van der Waals surface area (Å²) in [6.45, 7) is 3.12. The number of esters is 1. The van der Waals surface area contributed by atoms with Gasteiger partial charge in [-0.3, -0.25) is 4.79 Å². The number of likely N-dealkylation sites (tertiary alicyclic amines) is 1. The second-order valence-electron chi connectivity index (χ2n) is 6.71. The Morgan fingerprint density at radius 2 is 2.24 bits per heavy atom. The summed E-state index contributed by atoms with van der Waals surface area (Å²) in [6, 6.07) is 4.41. The molecule has 2 N–H and O–H groups in total. The minimum Gasteiger partial charge on any atom is -0.469 e. The van der Waals surface area contributed by atoms with Gasteiger partial charge in [-0.2, -0.15) is 0 Å². The lowest BCUT2D eigenvalue weighted by Gasteiger charge is -2.22. The van der Waals surface area contributed by atoms with Gasteiger partial charge in [-0.05, 0) is 43.5 Å². The van der Waals surface area contributed by atoms with Crippen LogP contribution >= 0.6 is 0 Å². The lowest BCUT2D eigenvalue weighted by atomic mass is 9.90. The van der Waals surface area contributed by atoms with E-state index in [0.717, 1.165) is 16.5 Å². The molecule has 134 valence electrons. The number of carbonyl (C=O) groups excluding carboxylic acids is 2. The minimum atomic E-state index is -0.638. The molecule has 2 aromatic rings. The van der Waals surface area contributed by atoms with Crippen LogP contribution in [-0.4, -0.2) is 48.6 Å². The van der Waals surface area contributed by atoms with Crippen LogP contribution in [0, 0.1) is 11.2 Å². The number of urea groups is 1. The zero-order chi connectivity index (χ0) is 18.0. The summed E-state index contributed by atoms with van der Waals surface area (Å²) in [5.74, 6) is -0.569. The molecule has 0 radical (unpaired) electrons. The quantitative estimate of drug-likeness (QED) is 0.834. The third kappa shape index (κ3) is 3.45. The Bertz CT molecular complexity index is 804. The van der Waals surface area contributed by atoms with E-state index in [0.29, 0.717) is 32.5 Å². The molecule has 0 spiro atoms. The summed E-state index contributed by atoms with van der Waals surface area (Å²) in [6.07, 6.45) is 3.02. The molecular weight excluding hydrogens is 325 g/mol. The van der Waals surface area contributed by atoms with Gasteiger partial charge in [0.2, 0.25) is 0 Å². The first-order valence-corrected chi connectivity index (χ1v) is 8.30. The fourth-order valence-corrected chi connectivity index (χ4v) is 3.32. The predicted molar refractivity (Wildman–Crippen MR) is 91.7 cm³/mol. The molecule has 0 aliphatic carbocycles. The van der Waals surface area contributed by atoms with Crippen molar-refractivity contribution < 1.29 is 18.7 Å². The van der Waals surface area contributed by atoms with Crippen LogP contribution < -0.4 is 5.32 Å². The molecule has 1 saturated heterocycles. The van der Waals surface area contributed by atoms with Crippen molar-refractivity contribution in [3.8, 4) is 0 Å². The van der Waals surface area contributed by atoms with Crippen molar-refractivity contribution >= 4 is 22.9 Å². The zero-order valence-electron chi connectivity index (χ0n) is 14.4. The molecule has 0 bridgehead atoms. The number of halogens is 1. The van der Waals surface area contributed by atoms with E-state index in [2.05, 4.69) is 10.3 Å². The standard InChI is InChI=1S/C18H22FN3O3/c1-18(16(23)25-2)6-8-22(11-18)17(24)20-7-5-12-10-21-15-4-3-13(19)9-14(12)15/h3-4,9-10,21H,5-8,11H2,1-2H3,(H,20,24)/t18-/m1/s1. The summed E-state index contributed by atoms with van der Waals surface area (Å²) in [4.78, 5) is 28.8. The number of benzene rings is 1. The molecule has 6 nitrogen and oxygen atoms in total. The second kappa shape index (κ2) is 6.74. The van der Waals surface area contributed by atoms with Gasteiger partial charge in [-0.15, -0.1) is 0 Å². The van der Waals surface area contributed by atoms with Crippen molar-refractivity contribution in [2.45, 2.75) is 19.8 Å². The Morgan fingerprint density at radius 1 is 1.44 bits per heavy atom. The highest BCUT2D eigenvalue weighted by atomic mass is 19.1. The fraction of sp³-hybridized carbons (Fsp3) is 0.444. The predicted octanol–water partition coefficient (Wildman–Crippen LogP) is 2.44. The molecule has 3 rings (SSSR count). The number of methoxy groups -OCH3 is 1. The van der Waals surface area contributed by atoms with Gasteiger partial charge >= 0.3 is 12.0 Å². The van der Waals surface area contributed by atoms with E-state index in [-0.39, 0.29) is 17.8 Å². The molecule has 1 fully saturated rings. The van der Waals surface area contributed by atoms with Gasteiger partial charge in [0.15, 0.2) is 0 Å². The number of carbonyl (C=O) groups is 2. The molecule has 2 amide bonds. The molecular formula is C18H22FN3O3. The second-order valence-corrected chi connectivity index (χ2v) is 6.71. The first-order valence-electron chi connectivity index (χ1n) is 8.30. The highest BCUT2D eigenvalue weighted by molar-refractivity contribution is 5.83. The maximum atomic E-state index is 13.4. The Balaban J connectivity index is 1.54. The van der Waals surface area contributed by atoms with Crippen LogP contribution in [0.5, 0.6) is 0 Å². The molecule has 7 heteroatoms. The maximum Gasteiger partial charge on any atom is 0.317 e. The minimum absolute atomic E-state index is 0.196. The molecule has 2 heterocycles. The number of rotatable bonds is 4. The van der Waals surface area contributed by atoms with Crippen molar-refractivity contribution in [2.75, 3.05) is 26.7 Å². The number of amides is 2. The molecule has 1 aliphatic rings. The van der Waals surface area contributed by atoms with E-state index < -0.39 is 5.41 Å². The fourth-order valence-electron chi connectivity index (χ4n) is 3.32. The van der Waals surface area contributed by atoms with Crippen LogP contribution in [0.1, 0.15) is 18.9 Å². The van der Waals surface area contributed by atoms with Gasteiger partial charge < -0.3 is 19.9 Å². The van der Waals surface area contributed by atoms with E-state index >= 15 is 0 Å². The Hall–Kier alpha value is -2.57. The smallest absolute Gasteiger partial charge is 0.317 e. The van der Waals surface area contributed by atoms with Crippen LogP contribution in [0.25, 0.3) is 10.9 Å². The van der Waals surface area contributed by atoms with Crippen LogP contribution in [-0.2, 0) is 16.0 Å². The van der Waals surface area contributed by atoms with Crippen molar-refractivity contribution in [3.63, 3.8) is 0 Å². The average molecular weight is 347 g/mol. The summed E-state index contributed by atoms with van der Waals surface area (Å²) in [5.41, 5.74) is 1.19. The Labute approximate surface area is 145 Å². The molecule has 1 aliphatic heterocycles. The number of fused-ring (bicyclic) bond motifs is 1. The van der Waals surface area contributed by atoms with Crippen LogP contribution in [0.3, 0.4) is 0 Å². The summed E-state index contributed by atoms with van der Waals surface area (Å²) < 4.78 is 18.2. The number of hydrogen-bond donors (Lipinski definition) is 2. The van der Waals surface area contributed by atoms with Gasteiger partial charge in [0, 0.05) is 36.7 Å². The van der Waals surface area contributed by atoms with Gasteiger partial charge in [0.1, 0.15) is 5.82 Å². The van der Waals surface area contributed by atoms with Crippen LogP contribution in [0.15, 0.2) is 24.4 Å². The molecule has 25 heavy (non-hydrogen) atoms. The van der Waals surface area contributed by atoms with E-state index in [4.69, 9.17) is 4.74 Å². The number of hydrogen-bond acceptors (Lipinski definition) is 3. The number of aromatic amines is 1. The van der Waals surface area contributed by atoms with Crippen molar-refractivity contribution in [1.82, 2.24) is 15.2 Å².